The molecule has 1 atom stereocenters. The highest BCUT2D eigenvalue weighted by Gasteiger charge is 2.39. The summed E-state index contributed by atoms with van der Waals surface area (Å²) < 4.78 is 2.19. The Morgan fingerprint density at radius 2 is 1.97 bits per heavy atom. The number of benzene rings is 1. The highest BCUT2D eigenvalue weighted by atomic mass is 16.2. The number of para-hydroxylation sites is 1. The van der Waals surface area contributed by atoms with Crippen LogP contribution in [0.5, 0.6) is 0 Å². The first-order chi connectivity index (χ1) is 14.2. The minimum Gasteiger partial charge on any atom is -0.366 e. The maximum Gasteiger partial charge on any atom is 0.261 e. The van der Waals surface area contributed by atoms with Crippen LogP contribution in [0.15, 0.2) is 66.3 Å². The number of carbonyl (C=O) groups excluding carboxylic acids is 2. The molecule has 0 saturated heterocycles. The zero-order valence-electron chi connectivity index (χ0n) is 15.6. The summed E-state index contributed by atoms with van der Waals surface area (Å²) in [6.45, 7) is 2.47. The first kappa shape index (κ1) is 16.4. The lowest BCUT2D eigenvalue weighted by Gasteiger charge is -2.25. The van der Waals surface area contributed by atoms with Gasteiger partial charge in [0.2, 0.25) is 0 Å². The number of aromatic nitrogens is 1. The largest absolute Gasteiger partial charge is 0.366 e. The van der Waals surface area contributed by atoms with Crippen molar-refractivity contribution < 1.29 is 9.59 Å². The Bertz CT molecular complexity index is 1210. The van der Waals surface area contributed by atoms with Crippen LogP contribution in [0.2, 0.25) is 0 Å². The lowest BCUT2D eigenvalue weighted by molar-refractivity contribution is -0.123. The van der Waals surface area contributed by atoms with Crippen molar-refractivity contribution in [2.45, 2.75) is 19.3 Å². The number of fused-ring (bicyclic) bond motifs is 1. The first-order valence-corrected chi connectivity index (χ1v) is 9.74. The minimum absolute atomic E-state index is 0.0446. The minimum atomic E-state index is -0.354. The van der Waals surface area contributed by atoms with Crippen LogP contribution in [0.25, 0.3) is 16.5 Å². The molecule has 29 heavy (non-hydrogen) atoms. The fourth-order valence-electron chi connectivity index (χ4n) is 4.64. The number of rotatable bonds is 2. The summed E-state index contributed by atoms with van der Waals surface area (Å²) in [6, 6.07) is 6.15. The van der Waals surface area contributed by atoms with Gasteiger partial charge in [0.1, 0.15) is 6.17 Å². The Labute approximate surface area is 167 Å². The molecule has 0 fully saturated rings. The topological polar surface area (TPSA) is 78.4 Å². The van der Waals surface area contributed by atoms with Crippen molar-refractivity contribution in [3.63, 3.8) is 0 Å². The second-order valence-electron chi connectivity index (χ2n) is 7.53. The van der Waals surface area contributed by atoms with Gasteiger partial charge in [0.05, 0.1) is 22.4 Å². The number of nitrogens with zero attached hydrogens (tertiary/aromatic N) is 2. The van der Waals surface area contributed by atoms with E-state index in [2.05, 4.69) is 26.6 Å². The summed E-state index contributed by atoms with van der Waals surface area (Å²) in [4.78, 5) is 27.7. The molecule has 7 nitrogen and oxygen atoms in total. The molecule has 0 aliphatic carbocycles. The van der Waals surface area contributed by atoms with Gasteiger partial charge in [-0.25, -0.2) is 0 Å². The van der Waals surface area contributed by atoms with Gasteiger partial charge in [0, 0.05) is 49.2 Å². The normalized spacial score (nSPS) is 22.7. The fourth-order valence-corrected chi connectivity index (χ4v) is 4.64. The Hall–Kier alpha value is -3.58. The summed E-state index contributed by atoms with van der Waals surface area (Å²) in [5, 5.41) is 10.2. The summed E-state index contributed by atoms with van der Waals surface area (Å²) in [5.41, 5.74) is 4.71. The Morgan fingerprint density at radius 1 is 1.07 bits per heavy atom. The van der Waals surface area contributed by atoms with Gasteiger partial charge in [-0.1, -0.05) is 24.3 Å². The van der Waals surface area contributed by atoms with Gasteiger partial charge >= 0.3 is 0 Å². The Balaban J connectivity index is 1.59. The van der Waals surface area contributed by atoms with Gasteiger partial charge in [-0.05, 0) is 17.7 Å². The number of amides is 2. The van der Waals surface area contributed by atoms with Gasteiger partial charge < -0.3 is 20.1 Å². The van der Waals surface area contributed by atoms with Gasteiger partial charge in [-0.3, -0.25) is 14.9 Å². The highest BCUT2D eigenvalue weighted by Crippen LogP contribution is 2.38. The number of carbonyl (C=O) groups is 2. The summed E-state index contributed by atoms with van der Waals surface area (Å²) in [5.74, 6) is -0.696. The maximum atomic E-state index is 12.9. The van der Waals surface area contributed by atoms with Crippen LogP contribution < -0.4 is 16.0 Å². The molecular weight excluding hydrogens is 366 g/mol. The monoisotopic (exact) mass is 385 g/mol. The van der Waals surface area contributed by atoms with Gasteiger partial charge in [-0.15, -0.1) is 0 Å². The van der Waals surface area contributed by atoms with Crippen LogP contribution in [0.3, 0.4) is 0 Å². The molecule has 1 aromatic heterocycles. The molecule has 2 aromatic rings. The van der Waals surface area contributed by atoms with Crippen LogP contribution in [0.4, 0.5) is 0 Å². The van der Waals surface area contributed by atoms with E-state index in [1.165, 1.54) is 5.56 Å². The number of hydrogen-bond donors (Lipinski definition) is 3. The summed E-state index contributed by atoms with van der Waals surface area (Å²) >= 11 is 0. The van der Waals surface area contributed by atoms with Crippen LogP contribution in [-0.4, -0.2) is 34.0 Å². The molecule has 0 saturated carbocycles. The number of imide groups is 1. The number of nitrogens with one attached hydrogen (secondary N) is 3. The maximum absolute atomic E-state index is 12.9. The first-order valence-electron chi connectivity index (χ1n) is 9.74. The molecule has 5 heterocycles. The molecule has 6 rings (SSSR count). The van der Waals surface area contributed by atoms with E-state index < -0.39 is 0 Å². The molecule has 3 N–H and O–H groups in total. The van der Waals surface area contributed by atoms with Crippen LogP contribution in [0.1, 0.15) is 11.1 Å². The number of hydrogen-bond acceptors (Lipinski definition) is 5. The molecule has 0 radical (unpaired) electrons. The molecule has 7 heteroatoms. The fraction of sp³-hybridized carbons (Fsp3) is 0.182. The summed E-state index contributed by atoms with van der Waals surface area (Å²) in [7, 11) is 0. The lowest BCUT2D eigenvalue weighted by Crippen LogP contribution is -2.33. The Morgan fingerprint density at radius 3 is 2.90 bits per heavy atom. The number of allylic oxidation sites excluding steroid dienone is 2. The van der Waals surface area contributed by atoms with Crippen molar-refractivity contribution in [3.05, 3.63) is 77.4 Å². The average molecular weight is 385 g/mol. The second-order valence-corrected chi connectivity index (χ2v) is 7.53. The van der Waals surface area contributed by atoms with E-state index in [9.17, 15) is 9.59 Å². The smallest absolute Gasteiger partial charge is 0.261 e. The molecule has 4 aliphatic rings. The van der Waals surface area contributed by atoms with Gasteiger partial charge in [-0.2, -0.15) is 0 Å². The van der Waals surface area contributed by atoms with Crippen molar-refractivity contribution in [2.24, 2.45) is 0 Å². The molecule has 1 aromatic carbocycles. The van der Waals surface area contributed by atoms with Crippen molar-refractivity contribution in [3.8, 4) is 0 Å². The third-order valence-corrected chi connectivity index (χ3v) is 5.90. The lowest BCUT2D eigenvalue weighted by atomic mass is 9.97. The zero-order valence-corrected chi connectivity index (χ0v) is 15.6. The molecule has 0 bridgehead atoms. The van der Waals surface area contributed by atoms with E-state index in [-0.39, 0.29) is 18.0 Å². The third kappa shape index (κ3) is 2.28. The molecule has 144 valence electrons. The molecular formula is C22H19N5O2. The van der Waals surface area contributed by atoms with Crippen molar-refractivity contribution in [2.75, 3.05) is 6.54 Å². The van der Waals surface area contributed by atoms with Crippen molar-refractivity contribution in [1.29, 1.82) is 0 Å². The SMILES string of the molecule is O=C1NC(=O)C(c2cn3c4c(cccc24)CNCC3)=C1C1=CNC2C=CC=CN12. The zero-order chi connectivity index (χ0) is 19.5. The van der Waals surface area contributed by atoms with Crippen LogP contribution >= 0.6 is 0 Å². The van der Waals surface area contributed by atoms with E-state index in [1.54, 1.807) is 0 Å². The standard InChI is InChI=1S/C22H19N5O2/c28-21-18(15-12-26-9-7-23-10-13-4-3-5-14(15)20(13)26)19(22(29)25-21)16-11-24-17-6-1-2-8-27(16)17/h1-6,8,11-12,17,23-24H,7,9-10H2,(H,25,28,29). The van der Waals surface area contributed by atoms with E-state index in [4.69, 9.17) is 0 Å². The van der Waals surface area contributed by atoms with Crippen LogP contribution in [0, 0.1) is 0 Å². The molecule has 2 amide bonds. The predicted molar refractivity (Wildman–Crippen MR) is 109 cm³/mol. The van der Waals surface area contributed by atoms with Gasteiger partial charge in [0.15, 0.2) is 0 Å². The van der Waals surface area contributed by atoms with E-state index in [1.807, 2.05) is 53.9 Å². The van der Waals surface area contributed by atoms with E-state index >= 15 is 0 Å². The predicted octanol–water partition coefficient (Wildman–Crippen LogP) is 1.31. The summed E-state index contributed by atoms with van der Waals surface area (Å²) in [6.07, 6.45) is 11.6. The van der Waals surface area contributed by atoms with E-state index in [0.717, 1.165) is 36.1 Å². The van der Waals surface area contributed by atoms with Crippen molar-refractivity contribution in [1.82, 2.24) is 25.4 Å². The van der Waals surface area contributed by atoms with E-state index in [0.29, 0.717) is 16.8 Å². The molecule has 0 spiro atoms. The molecule has 4 aliphatic heterocycles. The molecule has 1 unspecified atom stereocenters. The van der Waals surface area contributed by atoms with Crippen molar-refractivity contribution >= 4 is 28.3 Å². The quantitative estimate of drug-likeness (QED) is 0.680. The third-order valence-electron chi connectivity index (χ3n) is 5.90. The Kier molecular flexibility index (Phi) is 3.36. The highest BCUT2D eigenvalue weighted by molar-refractivity contribution is 6.38. The van der Waals surface area contributed by atoms with Gasteiger partial charge in [0.25, 0.3) is 11.8 Å². The van der Waals surface area contributed by atoms with Crippen LogP contribution in [-0.2, 0) is 22.7 Å². The second kappa shape index (κ2) is 5.96. The average Bonchev–Trinajstić information content (AvgIpc) is 3.33.